The van der Waals surface area contributed by atoms with E-state index in [1.54, 1.807) is 0 Å². The minimum atomic E-state index is 0.0391. The van der Waals surface area contributed by atoms with Gasteiger partial charge < -0.3 is 15.5 Å². The molecule has 110 valence electrons. The van der Waals surface area contributed by atoms with Gasteiger partial charge in [-0.1, -0.05) is 13.8 Å². The third-order valence-electron chi connectivity index (χ3n) is 3.39. The lowest BCUT2D eigenvalue weighted by atomic mass is 10.1. The molecule has 1 fully saturated rings. The molecule has 5 heteroatoms. The predicted octanol–water partition coefficient (Wildman–Crippen LogP) is 0.607. The molecule has 1 rings (SSSR count). The Hall–Kier alpha value is -1.10. The lowest BCUT2D eigenvalue weighted by Crippen LogP contribution is -2.34. The molecule has 1 aliphatic heterocycles. The first kappa shape index (κ1) is 16.0. The van der Waals surface area contributed by atoms with E-state index in [2.05, 4.69) is 10.6 Å². The van der Waals surface area contributed by atoms with Crippen LogP contribution in [0.1, 0.15) is 33.1 Å². The zero-order valence-corrected chi connectivity index (χ0v) is 12.4. The highest BCUT2D eigenvalue weighted by molar-refractivity contribution is 5.79. The van der Waals surface area contributed by atoms with Crippen LogP contribution < -0.4 is 10.6 Å². The predicted molar refractivity (Wildman–Crippen MR) is 75.7 cm³/mol. The Morgan fingerprint density at radius 3 is 2.74 bits per heavy atom. The van der Waals surface area contributed by atoms with E-state index in [0.29, 0.717) is 31.2 Å². The Balaban J connectivity index is 2.16. The summed E-state index contributed by atoms with van der Waals surface area (Å²) >= 11 is 0. The number of hydrogen-bond donors (Lipinski definition) is 2. The molecule has 1 heterocycles. The van der Waals surface area contributed by atoms with Gasteiger partial charge in [0.15, 0.2) is 0 Å². The average Bonchev–Trinajstić information content (AvgIpc) is 2.77. The summed E-state index contributed by atoms with van der Waals surface area (Å²) in [5.41, 5.74) is 0. The fourth-order valence-corrected chi connectivity index (χ4v) is 2.42. The molecule has 0 aromatic heterocycles. The number of hydrogen-bond acceptors (Lipinski definition) is 3. The van der Waals surface area contributed by atoms with Crippen LogP contribution in [0.2, 0.25) is 0 Å². The van der Waals surface area contributed by atoms with Crippen molar-refractivity contribution >= 4 is 11.8 Å². The Bertz CT molecular complexity index is 305. The standard InChI is InChI=1S/C14H27N3O2/c1-11(2)8-13(18)16-6-4-14(19)17-7-5-12(10-17)9-15-3/h11-12,15H,4-10H2,1-3H3,(H,16,18). The van der Waals surface area contributed by atoms with Crippen LogP contribution in [0.3, 0.4) is 0 Å². The summed E-state index contributed by atoms with van der Waals surface area (Å²) < 4.78 is 0. The first-order valence-corrected chi connectivity index (χ1v) is 7.22. The van der Waals surface area contributed by atoms with Gasteiger partial charge in [0.1, 0.15) is 0 Å². The zero-order valence-electron chi connectivity index (χ0n) is 12.4. The highest BCUT2D eigenvalue weighted by atomic mass is 16.2. The van der Waals surface area contributed by atoms with Crippen LogP contribution >= 0.6 is 0 Å². The second-order valence-electron chi connectivity index (χ2n) is 5.75. The van der Waals surface area contributed by atoms with Crippen molar-refractivity contribution in [2.45, 2.75) is 33.1 Å². The molecule has 0 aromatic carbocycles. The highest BCUT2D eigenvalue weighted by Crippen LogP contribution is 2.15. The van der Waals surface area contributed by atoms with Crippen molar-refractivity contribution in [3.8, 4) is 0 Å². The van der Waals surface area contributed by atoms with Gasteiger partial charge in [-0.3, -0.25) is 9.59 Å². The van der Waals surface area contributed by atoms with Crippen molar-refractivity contribution in [3.05, 3.63) is 0 Å². The maximum Gasteiger partial charge on any atom is 0.224 e. The van der Waals surface area contributed by atoms with E-state index in [1.165, 1.54) is 0 Å². The minimum absolute atomic E-state index is 0.0391. The molecule has 1 atom stereocenters. The van der Waals surface area contributed by atoms with Crippen LogP contribution in [0.25, 0.3) is 0 Å². The molecular weight excluding hydrogens is 242 g/mol. The van der Waals surface area contributed by atoms with Crippen LogP contribution in [0.4, 0.5) is 0 Å². The first-order chi connectivity index (χ1) is 9.02. The van der Waals surface area contributed by atoms with E-state index in [0.717, 1.165) is 26.1 Å². The Kier molecular flexibility index (Phi) is 6.84. The van der Waals surface area contributed by atoms with E-state index in [4.69, 9.17) is 0 Å². The summed E-state index contributed by atoms with van der Waals surface area (Å²) in [6.07, 6.45) is 2.02. The minimum Gasteiger partial charge on any atom is -0.356 e. The first-order valence-electron chi connectivity index (χ1n) is 7.22. The largest absolute Gasteiger partial charge is 0.356 e. The van der Waals surface area contributed by atoms with Gasteiger partial charge in [0.25, 0.3) is 0 Å². The maximum atomic E-state index is 12.0. The van der Waals surface area contributed by atoms with Gasteiger partial charge in [-0.15, -0.1) is 0 Å². The molecule has 0 saturated carbocycles. The smallest absolute Gasteiger partial charge is 0.224 e. The Morgan fingerprint density at radius 1 is 1.37 bits per heavy atom. The van der Waals surface area contributed by atoms with Gasteiger partial charge in [-0.05, 0) is 31.8 Å². The van der Waals surface area contributed by atoms with E-state index in [-0.39, 0.29) is 11.8 Å². The topological polar surface area (TPSA) is 61.4 Å². The maximum absolute atomic E-state index is 12.0. The van der Waals surface area contributed by atoms with Crippen LogP contribution in [-0.2, 0) is 9.59 Å². The molecule has 5 nitrogen and oxygen atoms in total. The van der Waals surface area contributed by atoms with Crippen LogP contribution in [0.15, 0.2) is 0 Å². The highest BCUT2D eigenvalue weighted by Gasteiger charge is 2.25. The van der Waals surface area contributed by atoms with Gasteiger partial charge in [-0.2, -0.15) is 0 Å². The summed E-state index contributed by atoms with van der Waals surface area (Å²) in [6.45, 7) is 7.14. The normalized spacial score (nSPS) is 18.9. The molecule has 0 spiro atoms. The Morgan fingerprint density at radius 2 is 2.11 bits per heavy atom. The Labute approximate surface area is 116 Å². The molecule has 19 heavy (non-hydrogen) atoms. The average molecular weight is 269 g/mol. The van der Waals surface area contributed by atoms with Gasteiger partial charge >= 0.3 is 0 Å². The van der Waals surface area contributed by atoms with E-state index in [1.807, 2.05) is 25.8 Å². The number of nitrogens with one attached hydrogen (secondary N) is 2. The summed E-state index contributed by atoms with van der Waals surface area (Å²) in [7, 11) is 1.94. The number of nitrogens with zero attached hydrogens (tertiary/aromatic N) is 1. The van der Waals surface area contributed by atoms with Crippen LogP contribution in [0.5, 0.6) is 0 Å². The summed E-state index contributed by atoms with van der Waals surface area (Å²) in [6, 6.07) is 0. The van der Waals surface area contributed by atoms with Crippen molar-refractivity contribution in [1.29, 1.82) is 0 Å². The van der Waals surface area contributed by atoms with Gasteiger partial charge in [0.05, 0.1) is 0 Å². The molecule has 0 radical (unpaired) electrons. The summed E-state index contributed by atoms with van der Waals surface area (Å²) in [5.74, 6) is 1.13. The van der Waals surface area contributed by atoms with Crippen molar-refractivity contribution < 1.29 is 9.59 Å². The summed E-state index contributed by atoms with van der Waals surface area (Å²) in [5, 5.41) is 5.96. The summed E-state index contributed by atoms with van der Waals surface area (Å²) in [4.78, 5) is 25.3. The fourth-order valence-electron chi connectivity index (χ4n) is 2.42. The fraction of sp³-hybridized carbons (Fsp3) is 0.857. The molecule has 1 unspecified atom stereocenters. The second kappa shape index (κ2) is 8.15. The molecule has 0 aliphatic carbocycles. The molecule has 2 N–H and O–H groups in total. The molecule has 0 bridgehead atoms. The SMILES string of the molecule is CNCC1CCN(C(=O)CCNC(=O)CC(C)C)C1. The molecule has 1 saturated heterocycles. The number of carbonyl (C=O) groups is 2. The van der Waals surface area contributed by atoms with E-state index >= 15 is 0 Å². The molecule has 1 aliphatic rings. The molecule has 2 amide bonds. The lowest BCUT2D eigenvalue weighted by molar-refractivity contribution is -0.130. The van der Waals surface area contributed by atoms with Gasteiger partial charge in [-0.25, -0.2) is 0 Å². The van der Waals surface area contributed by atoms with Crippen molar-refractivity contribution in [3.63, 3.8) is 0 Å². The lowest BCUT2D eigenvalue weighted by Gasteiger charge is -2.16. The number of carbonyl (C=O) groups excluding carboxylic acids is 2. The van der Waals surface area contributed by atoms with Crippen molar-refractivity contribution in [1.82, 2.24) is 15.5 Å². The second-order valence-corrected chi connectivity index (χ2v) is 5.75. The zero-order chi connectivity index (χ0) is 14.3. The third kappa shape index (κ3) is 6.05. The monoisotopic (exact) mass is 269 g/mol. The third-order valence-corrected chi connectivity index (χ3v) is 3.39. The van der Waals surface area contributed by atoms with Crippen molar-refractivity contribution in [2.75, 3.05) is 33.2 Å². The quantitative estimate of drug-likeness (QED) is 0.712. The molecular formula is C14H27N3O2. The van der Waals surface area contributed by atoms with Crippen LogP contribution in [-0.4, -0.2) is 49.9 Å². The van der Waals surface area contributed by atoms with Crippen LogP contribution in [0, 0.1) is 11.8 Å². The number of rotatable bonds is 7. The number of amides is 2. The van der Waals surface area contributed by atoms with E-state index < -0.39 is 0 Å². The van der Waals surface area contributed by atoms with Gasteiger partial charge in [0.2, 0.25) is 11.8 Å². The van der Waals surface area contributed by atoms with Gasteiger partial charge in [0, 0.05) is 32.5 Å². The number of likely N-dealkylation sites (tertiary alicyclic amines) is 1. The van der Waals surface area contributed by atoms with Crippen molar-refractivity contribution in [2.24, 2.45) is 11.8 Å². The van der Waals surface area contributed by atoms with E-state index in [9.17, 15) is 9.59 Å². The molecule has 0 aromatic rings.